The van der Waals surface area contributed by atoms with Crippen LogP contribution in [-0.2, 0) is 21.4 Å². The number of anilines is 1. The minimum atomic E-state index is -3.79. The molecular formula is C22H27N3O4S. The molecular weight excluding hydrogens is 402 g/mol. The number of aryl methyl sites for hydroxylation is 1. The number of rotatable bonds is 10. The molecule has 2 N–H and O–H groups in total. The van der Waals surface area contributed by atoms with Crippen molar-refractivity contribution in [1.29, 1.82) is 0 Å². The summed E-state index contributed by atoms with van der Waals surface area (Å²) in [4.78, 5) is 12.0. The van der Waals surface area contributed by atoms with E-state index in [1.54, 1.807) is 24.3 Å². The van der Waals surface area contributed by atoms with Crippen molar-refractivity contribution in [2.24, 2.45) is 0 Å². The highest BCUT2D eigenvalue weighted by atomic mass is 32.2. The largest absolute Gasteiger partial charge is 0.491 e. The summed E-state index contributed by atoms with van der Waals surface area (Å²) in [6.07, 6.45) is 2.75. The second kappa shape index (κ2) is 9.67. The van der Waals surface area contributed by atoms with E-state index in [0.717, 1.165) is 12.1 Å². The van der Waals surface area contributed by atoms with Gasteiger partial charge in [-0.2, -0.15) is 0 Å². The number of nitrogens with one attached hydrogen (secondary N) is 2. The normalized spacial score (nSPS) is 11.6. The predicted octanol–water partition coefficient (Wildman–Crippen LogP) is 3.38. The van der Waals surface area contributed by atoms with E-state index in [1.807, 2.05) is 44.3 Å². The highest BCUT2D eigenvalue weighted by Gasteiger charge is 2.16. The van der Waals surface area contributed by atoms with Crippen LogP contribution in [0.4, 0.5) is 5.69 Å². The van der Waals surface area contributed by atoms with Crippen molar-refractivity contribution in [3.8, 4) is 5.75 Å². The Hall–Kier alpha value is -3.00. The summed E-state index contributed by atoms with van der Waals surface area (Å²) in [5, 5.41) is 3.84. The fourth-order valence-corrected chi connectivity index (χ4v) is 4.14. The van der Waals surface area contributed by atoms with E-state index in [9.17, 15) is 13.2 Å². The Balaban J connectivity index is 1.43. The first-order valence-corrected chi connectivity index (χ1v) is 11.6. The number of para-hydroxylation sites is 1. The van der Waals surface area contributed by atoms with E-state index >= 15 is 0 Å². The molecule has 1 heterocycles. The second-order valence-corrected chi connectivity index (χ2v) is 9.05. The molecule has 1 amide bonds. The van der Waals surface area contributed by atoms with Crippen molar-refractivity contribution in [1.82, 2.24) is 9.88 Å². The molecule has 0 saturated heterocycles. The van der Waals surface area contributed by atoms with Crippen LogP contribution < -0.4 is 14.8 Å². The Kier molecular flexibility index (Phi) is 6.99. The number of aromatic nitrogens is 1. The Labute approximate surface area is 177 Å². The summed E-state index contributed by atoms with van der Waals surface area (Å²) in [7, 11) is -3.79. The maximum Gasteiger partial charge on any atom is 0.241 e. The molecule has 0 saturated carbocycles. The molecule has 8 heteroatoms. The zero-order chi connectivity index (χ0) is 21.6. The summed E-state index contributed by atoms with van der Waals surface area (Å²) < 4.78 is 34.5. The van der Waals surface area contributed by atoms with E-state index in [1.165, 1.54) is 5.39 Å². The Morgan fingerprint density at radius 2 is 1.80 bits per heavy atom. The van der Waals surface area contributed by atoms with Crippen LogP contribution in [0.2, 0.25) is 0 Å². The first kappa shape index (κ1) is 21.7. The molecule has 0 aliphatic carbocycles. The second-order valence-electron chi connectivity index (χ2n) is 7.32. The van der Waals surface area contributed by atoms with Gasteiger partial charge in [0.25, 0.3) is 0 Å². The van der Waals surface area contributed by atoms with Gasteiger partial charge in [-0.3, -0.25) is 9.52 Å². The summed E-state index contributed by atoms with van der Waals surface area (Å²) >= 11 is 0. The molecule has 30 heavy (non-hydrogen) atoms. The Morgan fingerprint density at radius 3 is 2.53 bits per heavy atom. The Bertz CT molecular complexity index is 1090. The van der Waals surface area contributed by atoms with Crippen molar-refractivity contribution in [3.05, 3.63) is 60.8 Å². The zero-order valence-corrected chi connectivity index (χ0v) is 18.0. The molecule has 0 bridgehead atoms. The lowest BCUT2D eigenvalue weighted by atomic mass is 10.2. The number of carbonyl (C=O) groups is 1. The number of hydrogen-bond donors (Lipinski definition) is 2. The van der Waals surface area contributed by atoms with Gasteiger partial charge in [0.1, 0.15) is 11.5 Å². The SMILES string of the molecule is CC(C)Oc1ccc(NS(=O)(=O)CC(=O)NCCCn2ccc3ccccc32)cc1. The molecule has 0 aliphatic rings. The van der Waals surface area contributed by atoms with Gasteiger partial charge in [-0.1, -0.05) is 18.2 Å². The number of fused-ring (bicyclic) bond motifs is 1. The minimum Gasteiger partial charge on any atom is -0.491 e. The van der Waals surface area contributed by atoms with Gasteiger partial charge in [0.05, 0.1) is 6.10 Å². The fraction of sp³-hybridized carbons (Fsp3) is 0.318. The summed E-state index contributed by atoms with van der Waals surface area (Å²) in [5.74, 6) is -0.496. The number of nitrogens with zero attached hydrogens (tertiary/aromatic N) is 1. The van der Waals surface area contributed by atoms with Gasteiger partial charge >= 0.3 is 0 Å². The lowest BCUT2D eigenvalue weighted by molar-refractivity contribution is -0.118. The van der Waals surface area contributed by atoms with Gasteiger partial charge < -0.3 is 14.6 Å². The first-order valence-electron chi connectivity index (χ1n) is 9.90. The highest BCUT2D eigenvalue weighted by molar-refractivity contribution is 7.93. The van der Waals surface area contributed by atoms with Gasteiger partial charge in [0, 0.05) is 30.5 Å². The van der Waals surface area contributed by atoms with E-state index in [2.05, 4.69) is 20.7 Å². The van der Waals surface area contributed by atoms with Crippen LogP contribution in [-0.4, -0.2) is 37.3 Å². The molecule has 7 nitrogen and oxygen atoms in total. The standard InChI is InChI=1S/C22H27N3O4S/c1-17(2)29-20-10-8-19(9-11-20)24-30(27,28)16-22(26)23-13-5-14-25-15-12-18-6-3-4-7-21(18)25/h3-4,6-12,15,17,24H,5,13-14,16H2,1-2H3,(H,23,26). The van der Waals surface area contributed by atoms with Crippen LogP contribution >= 0.6 is 0 Å². The number of benzene rings is 2. The van der Waals surface area contributed by atoms with E-state index in [4.69, 9.17) is 4.74 Å². The fourth-order valence-electron chi connectivity index (χ4n) is 3.13. The molecule has 0 atom stereocenters. The van der Waals surface area contributed by atoms with Crippen molar-refractivity contribution in [2.45, 2.75) is 32.9 Å². The van der Waals surface area contributed by atoms with Crippen LogP contribution in [0.5, 0.6) is 5.75 Å². The number of amides is 1. The molecule has 0 spiro atoms. The van der Waals surface area contributed by atoms with Crippen LogP contribution in [0, 0.1) is 0 Å². The number of hydrogen-bond acceptors (Lipinski definition) is 4. The average molecular weight is 430 g/mol. The molecule has 0 unspecified atom stereocenters. The molecule has 0 radical (unpaired) electrons. The van der Waals surface area contributed by atoms with Crippen LogP contribution in [0.3, 0.4) is 0 Å². The minimum absolute atomic E-state index is 0.0347. The first-order chi connectivity index (χ1) is 14.3. The predicted molar refractivity (Wildman–Crippen MR) is 119 cm³/mol. The van der Waals surface area contributed by atoms with Gasteiger partial charge in [-0.05, 0) is 62.1 Å². The smallest absolute Gasteiger partial charge is 0.241 e. The molecule has 3 rings (SSSR count). The van der Waals surface area contributed by atoms with Crippen LogP contribution in [0.1, 0.15) is 20.3 Å². The quantitative estimate of drug-likeness (QED) is 0.484. The third kappa shape index (κ3) is 6.25. The lowest BCUT2D eigenvalue weighted by Gasteiger charge is -2.12. The molecule has 0 fully saturated rings. The Morgan fingerprint density at radius 1 is 1.07 bits per heavy atom. The van der Waals surface area contributed by atoms with Crippen LogP contribution in [0.25, 0.3) is 10.9 Å². The number of sulfonamides is 1. The van der Waals surface area contributed by atoms with Crippen LogP contribution in [0.15, 0.2) is 60.8 Å². The van der Waals surface area contributed by atoms with Crippen molar-refractivity contribution in [2.75, 3.05) is 17.0 Å². The summed E-state index contributed by atoms with van der Waals surface area (Å²) in [5.41, 5.74) is 1.53. The lowest BCUT2D eigenvalue weighted by Crippen LogP contribution is -2.33. The number of ether oxygens (including phenoxy) is 1. The monoisotopic (exact) mass is 429 g/mol. The van der Waals surface area contributed by atoms with Gasteiger partial charge in [-0.15, -0.1) is 0 Å². The molecule has 2 aromatic carbocycles. The topological polar surface area (TPSA) is 89.4 Å². The molecule has 160 valence electrons. The van der Waals surface area contributed by atoms with Gasteiger partial charge in [0.15, 0.2) is 0 Å². The van der Waals surface area contributed by atoms with E-state index in [0.29, 0.717) is 24.4 Å². The summed E-state index contributed by atoms with van der Waals surface area (Å²) in [6, 6.07) is 16.7. The van der Waals surface area contributed by atoms with Crippen molar-refractivity contribution >= 4 is 32.5 Å². The maximum absolute atomic E-state index is 12.2. The molecule has 3 aromatic rings. The number of carbonyl (C=O) groups excluding carboxylic acids is 1. The third-order valence-electron chi connectivity index (χ3n) is 4.40. The van der Waals surface area contributed by atoms with Crippen molar-refractivity contribution < 1.29 is 17.9 Å². The van der Waals surface area contributed by atoms with E-state index < -0.39 is 21.7 Å². The average Bonchev–Trinajstić information content (AvgIpc) is 3.09. The van der Waals surface area contributed by atoms with Gasteiger partial charge in [-0.25, -0.2) is 8.42 Å². The maximum atomic E-state index is 12.2. The zero-order valence-electron chi connectivity index (χ0n) is 17.2. The van der Waals surface area contributed by atoms with Gasteiger partial charge in [0.2, 0.25) is 15.9 Å². The van der Waals surface area contributed by atoms with E-state index in [-0.39, 0.29) is 6.10 Å². The molecule has 0 aliphatic heterocycles. The highest BCUT2D eigenvalue weighted by Crippen LogP contribution is 2.18. The summed E-state index contributed by atoms with van der Waals surface area (Å²) in [6.45, 7) is 4.97. The van der Waals surface area contributed by atoms with Crippen molar-refractivity contribution in [3.63, 3.8) is 0 Å². The molecule has 1 aromatic heterocycles. The third-order valence-corrected chi connectivity index (χ3v) is 5.59.